The Bertz CT molecular complexity index is 667. The smallest absolute Gasteiger partial charge is 0.225 e. The van der Waals surface area contributed by atoms with E-state index in [0.717, 1.165) is 23.1 Å². The first-order valence-corrected chi connectivity index (χ1v) is 11.8. The average molecular weight is 469 g/mol. The van der Waals surface area contributed by atoms with E-state index < -0.39 is 0 Å². The number of hydrogen-bond donors (Lipinski definition) is 0. The summed E-state index contributed by atoms with van der Waals surface area (Å²) in [4.78, 5) is 30.4. The molecule has 2 saturated heterocycles. The molecule has 2 aliphatic heterocycles. The van der Waals surface area contributed by atoms with Crippen LogP contribution < -0.4 is 0 Å². The Balaban J connectivity index is 1.40. The van der Waals surface area contributed by atoms with Gasteiger partial charge in [0.15, 0.2) is 0 Å². The van der Waals surface area contributed by atoms with Crippen molar-refractivity contribution in [2.75, 3.05) is 31.9 Å². The second-order valence-electron chi connectivity index (χ2n) is 7.71. The summed E-state index contributed by atoms with van der Waals surface area (Å²) in [7, 11) is 0. The van der Waals surface area contributed by atoms with Crippen LogP contribution in [0.4, 0.5) is 0 Å². The molecule has 2 atom stereocenters. The number of likely N-dealkylation sites (tertiary alicyclic amines) is 1. The van der Waals surface area contributed by atoms with Crippen molar-refractivity contribution in [3.8, 4) is 0 Å². The van der Waals surface area contributed by atoms with Gasteiger partial charge in [0.25, 0.3) is 0 Å². The highest BCUT2D eigenvalue weighted by atomic mass is 79.9. The minimum Gasteiger partial charge on any atom is -0.372 e. The van der Waals surface area contributed by atoms with E-state index in [1.165, 1.54) is 4.90 Å². The Kier molecular flexibility index (Phi) is 7.83. The van der Waals surface area contributed by atoms with Gasteiger partial charge in [-0.3, -0.25) is 9.59 Å². The van der Waals surface area contributed by atoms with Gasteiger partial charge in [-0.1, -0.05) is 15.9 Å². The summed E-state index contributed by atoms with van der Waals surface area (Å²) >= 11 is 5.14. The van der Waals surface area contributed by atoms with Crippen molar-refractivity contribution in [3.63, 3.8) is 0 Å². The molecule has 2 unspecified atom stereocenters. The van der Waals surface area contributed by atoms with E-state index in [9.17, 15) is 9.59 Å². The molecule has 0 aromatic heterocycles. The molecular formula is C21H29BrN2O3S. The first-order chi connectivity index (χ1) is 13.4. The monoisotopic (exact) mass is 468 g/mol. The molecule has 5 nitrogen and oxygen atoms in total. The Morgan fingerprint density at radius 1 is 1.07 bits per heavy atom. The number of benzene rings is 1. The largest absolute Gasteiger partial charge is 0.372 e. The maximum Gasteiger partial charge on any atom is 0.225 e. The minimum absolute atomic E-state index is 0.0405. The molecule has 1 aromatic rings. The third-order valence-corrected chi connectivity index (χ3v) is 6.87. The van der Waals surface area contributed by atoms with E-state index in [1.807, 2.05) is 35.8 Å². The molecule has 0 radical (unpaired) electrons. The molecule has 0 N–H and O–H groups in total. The molecule has 2 aliphatic rings. The normalized spacial score (nSPS) is 23.7. The lowest BCUT2D eigenvalue weighted by atomic mass is 9.94. The zero-order valence-electron chi connectivity index (χ0n) is 16.6. The van der Waals surface area contributed by atoms with Crippen molar-refractivity contribution in [2.24, 2.45) is 5.92 Å². The molecular weight excluding hydrogens is 440 g/mol. The van der Waals surface area contributed by atoms with Crippen LogP contribution in [-0.2, 0) is 14.3 Å². The highest BCUT2D eigenvalue weighted by Gasteiger charge is 2.33. The van der Waals surface area contributed by atoms with Gasteiger partial charge in [0, 0.05) is 53.6 Å². The number of morpholine rings is 1. The zero-order valence-corrected chi connectivity index (χ0v) is 19.0. The predicted octanol–water partition coefficient (Wildman–Crippen LogP) is 3.81. The topological polar surface area (TPSA) is 49.9 Å². The first-order valence-electron chi connectivity index (χ1n) is 10.0. The Hall–Kier alpha value is -1.05. The van der Waals surface area contributed by atoms with Crippen LogP contribution in [0.2, 0.25) is 0 Å². The van der Waals surface area contributed by atoms with E-state index in [2.05, 4.69) is 28.1 Å². The van der Waals surface area contributed by atoms with Crippen molar-refractivity contribution in [2.45, 2.75) is 50.2 Å². The van der Waals surface area contributed by atoms with Crippen LogP contribution in [0.3, 0.4) is 0 Å². The van der Waals surface area contributed by atoms with Gasteiger partial charge in [-0.25, -0.2) is 0 Å². The fourth-order valence-electron chi connectivity index (χ4n) is 3.94. The maximum absolute atomic E-state index is 12.8. The number of rotatable bonds is 5. The molecule has 0 bridgehead atoms. The second-order valence-corrected chi connectivity index (χ2v) is 9.79. The SMILES string of the molecule is CC1CN(C(=O)C2CCN(C(=O)CCSc3ccc(Br)cc3)CC2)CC(C)O1. The standard InChI is InChI=1S/C21H29BrN2O3S/c1-15-13-24(14-16(2)27-15)21(26)17-7-10-23(11-8-17)20(25)9-12-28-19-5-3-18(22)4-6-19/h3-6,15-17H,7-14H2,1-2H3. The number of amides is 2. The highest BCUT2D eigenvalue weighted by Crippen LogP contribution is 2.24. The summed E-state index contributed by atoms with van der Waals surface area (Å²) in [5, 5.41) is 0. The van der Waals surface area contributed by atoms with E-state index in [0.29, 0.717) is 32.6 Å². The second kappa shape index (κ2) is 10.1. The van der Waals surface area contributed by atoms with Crippen molar-refractivity contribution < 1.29 is 14.3 Å². The molecule has 28 heavy (non-hydrogen) atoms. The number of nitrogens with zero attached hydrogens (tertiary/aromatic N) is 2. The van der Waals surface area contributed by atoms with Gasteiger partial charge >= 0.3 is 0 Å². The number of thioether (sulfide) groups is 1. The van der Waals surface area contributed by atoms with Gasteiger partial charge in [0.2, 0.25) is 11.8 Å². The summed E-state index contributed by atoms with van der Waals surface area (Å²) in [6.45, 7) is 6.76. The van der Waals surface area contributed by atoms with Crippen molar-refractivity contribution >= 4 is 39.5 Å². The average Bonchev–Trinajstić information content (AvgIpc) is 2.68. The van der Waals surface area contributed by atoms with Crippen LogP contribution in [0, 0.1) is 5.92 Å². The molecule has 3 rings (SSSR count). The Morgan fingerprint density at radius 3 is 2.29 bits per heavy atom. The van der Waals surface area contributed by atoms with Crippen LogP contribution in [0.5, 0.6) is 0 Å². The number of halogens is 1. The van der Waals surface area contributed by atoms with E-state index in [-0.39, 0.29) is 29.9 Å². The van der Waals surface area contributed by atoms with Gasteiger partial charge in [-0.15, -0.1) is 11.8 Å². The summed E-state index contributed by atoms with van der Waals surface area (Å²) in [5.41, 5.74) is 0. The van der Waals surface area contributed by atoms with Gasteiger partial charge in [0.1, 0.15) is 0 Å². The molecule has 0 saturated carbocycles. The maximum atomic E-state index is 12.8. The molecule has 1 aromatic carbocycles. The van der Waals surface area contributed by atoms with Crippen molar-refractivity contribution in [1.29, 1.82) is 0 Å². The van der Waals surface area contributed by atoms with E-state index >= 15 is 0 Å². The molecule has 2 amide bonds. The summed E-state index contributed by atoms with van der Waals surface area (Å²) in [6, 6.07) is 8.15. The van der Waals surface area contributed by atoms with Crippen LogP contribution in [0.15, 0.2) is 33.6 Å². The molecule has 7 heteroatoms. The van der Waals surface area contributed by atoms with E-state index in [1.54, 1.807) is 11.8 Å². The highest BCUT2D eigenvalue weighted by molar-refractivity contribution is 9.10. The molecule has 0 aliphatic carbocycles. The third-order valence-electron chi connectivity index (χ3n) is 5.33. The number of carbonyl (C=O) groups excluding carboxylic acids is 2. The predicted molar refractivity (Wildman–Crippen MR) is 115 cm³/mol. The Morgan fingerprint density at radius 2 is 1.68 bits per heavy atom. The first kappa shape index (κ1) is 21.7. The van der Waals surface area contributed by atoms with Crippen LogP contribution in [0.25, 0.3) is 0 Å². The van der Waals surface area contributed by atoms with E-state index in [4.69, 9.17) is 4.74 Å². The molecule has 0 spiro atoms. The lowest BCUT2D eigenvalue weighted by Gasteiger charge is -2.39. The van der Waals surface area contributed by atoms with Crippen molar-refractivity contribution in [1.82, 2.24) is 9.80 Å². The van der Waals surface area contributed by atoms with Gasteiger partial charge in [-0.05, 0) is 51.0 Å². The van der Waals surface area contributed by atoms with Crippen LogP contribution in [0.1, 0.15) is 33.1 Å². The summed E-state index contributed by atoms with van der Waals surface area (Å²) in [6.07, 6.45) is 2.27. The number of piperidine rings is 1. The van der Waals surface area contributed by atoms with Crippen molar-refractivity contribution in [3.05, 3.63) is 28.7 Å². The molecule has 2 heterocycles. The van der Waals surface area contributed by atoms with Crippen LogP contribution >= 0.6 is 27.7 Å². The van der Waals surface area contributed by atoms with Gasteiger partial charge in [0.05, 0.1) is 12.2 Å². The lowest BCUT2D eigenvalue weighted by molar-refractivity contribution is -0.150. The zero-order chi connectivity index (χ0) is 20.1. The summed E-state index contributed by atoms with van der Waals surface area (Å²) < 4.78 is 6.79. The Labute approximate surface area is 180 Å². The quantitative estimate of drug-likeness (QED) is 0.616. The fraction of sp³-hybridized carbons (Fsp3) is 0.619. The number of ether oxygens (including phenoxy) is 1. The number of hydrogen-bond acceptors (Lipinski definition) is 4. The summed E-state index contributed by atoms with van der Waals surface area (Å²) in [5.74, 6) is 1.26. The van der Waals surface area contributed by atoms with Gasteiger partial charge in [-0.2, -0.15) is 0 Å². The third kappa shape index (κ3) is 5.97. The fourth-order valence-corrected chi connectivity index (χ4v) is 5.04. The van der Waals surface area contributed by atoms with Gasteiger partial charge < -0.3 is 14.5 Å². The number of carbonyl (C=O) groups is 2. The molecule has 2 fully saturated rings. The minimum atomic E-state index is 0.0405. The van der Waals surface area contributed by atoms with Crippen LogP contribution in [-0.4, -0.2) is 65.8 Å². The lowest BCUT2D eigenvalue weighted by Crippen LogP contribution is -2.51. The molecule has 154 valence electrons.